The lowest BCUT2D eigenvalue weighted by molar-refractivity contribution is 0.696. The molecule has 0 unspecified atom stereocenters. The first-order chi connectivity index (χ1) is 9.15. The van der Waals surface area contributed by atoms with Gasteiger partial charge in [0.2, 0.25) is 0 Å². The van der Waals surface area contributed by atoms with E-state index in [1.165, 1.54) is 5.56 Å². The molecule has 3 rings (SSSR count). The molecule has 5 heteroatoms. The van der Waals surface area contributed by atoms with Gasteiger partial charge < -0.3 is 5.73 Å². The minimum absolute atomic E-state index is 0.198. The molecule has 2 aromatic heterocycles. The van der Waals surface area contributed by atoms with E-state index in [2.05, 4.69) is 46.5 Å². The molecule has 96 valence electrons. The van der Waals surface area contributed by atoms with E-state index in [9.17, 15) is 0 Å². The summed E-state index contributed by atoms with van der Waals surface area (Å²) >= 11 is 0. The third kappa shape index (κ3) is 2.08. The van der Waals surface area contributed by atoms with Crippen LogP contribution in [-0.4, -0.2) is 19.8 Å². The standard InChI is InChI=1S/C14H15N5/c1-9-3-5-11(6-4-9)12-7-8-13-16-17-14(10(2)15)19(13)18-12/h3-8,10H,15H2,1-2H3/t10-/m1/s1. The first-order valence-corrected chi connectivity index (χ1v) is 6.20. The van der Waals surface area contributed by atoms with Gasteiger partial charge in [0.15, 0.2) is 11.5 Å². The maximum atomic E-state index is 5.87. The number of fused-ring (bicyclic) bond motifs is 1. The van der Waals surface area contributed by atoms with Crippen molar-refractivity contribution in [3.63, 3.8) is 0 Å². The Kier molecular flexibility index (Phi) is 2.76. The van der Waals surface area contributed by atoms with Gasteiger partial charge in [-0.25, -0.2) is 0 Å². The van der Waals surface area contributed by atoms with Crippen molar-refractivity contribution in [2.75, 3.05) is 0 Å². The van der Waals surface area contributed by atoms with Crippen molar-refractivity contribution in [2.45, 2.75) is 19.9 Å². The fraction of sp³-hybridized carbons (Fsp3) is 0.214. The molecule has 0 fully saturated rings. The van der Waals surface area contributed by atoms with Gasteiger partial charge in [0.05, 0.1) is 11.7 Å². The van der Waals surface area contributed by atoms with Crippen LogP contribution in [0, 0.1) is 6.92 Å². The summed E-state index contributed by atoms with van der Waals surface area (Å²) in [6.45, 7) is 3.94. The van der Waals surface area contributed by atoms with Crippen LogP contribution >= 0.6 is 0 Å². The van der Waals surface area contributed by atoms with Crippen LogP contribution < -0.4 is 5.73 Å². The largest absolute Gasteiger partial charge is 0.321 e. The summed E-state index contributed by atoms with van der Waals surface area (Å²) in [6, 6.07) is 11.9. The molecular formula is C14H15N5. The number of nitrogens with two attached hydrogens (primary N) is 1. The minimum atomic E-state index is -0.198. The topological polar surface area (TPSA) is 69.1 Å². The summed E-state index contributed by atoms with van der Waals surface area (Å²) in [6.07, 6.45) is 0. The van der Waals surface area contributed by atoms with Gasteiger partial charge in [0, 0.05) is 5.56 Å². The second-order valence-electron chi connectivity index (χ2n) is 4.70. The number of hydrogen-bond donors (Lipinski definition) is 1. The molecule has 0 amide bonds. The summed E-state index contributed by atoms with van der Waals surface area (Å²) in [5.41, 5.74) is 9.76. The maximum absolute atomic E-state index is 5.87. The fourth-order valence-corrected chi connectivity index (χ4v) is 1.97. The Labute approximate surface area is 111 Å². The van der Waals surface area contributed by atoms with Gasteiger partial charge in [0.1, 0.15) is 0 Å². The van der Waals surface area contributed by atoms with Crippen LogP contribution in [0.1, 0.15) is 24.4 Å². The Morgan fingerprint density at radius 2 is 1.79 bits per heavy atom. The molecule has 2 heterocycles. The van der Waals surface area contributed by atoms with E-state index in [4.69, 9.17) is 5.73 Å². The van der Waals surface area contributed by atoms with E-state index in [0.29, 0.717) is 11.5 Å². The second kappa shape index (κ2) is 4.44. The van der Waals surface area contributed by atoms with Crippen LogP contribution in [0.2, 0.25) is 0 Å². The Morgan fingerprint density at radius 3 is 2.47 bits per heavy atom. The molecule has 0 bridgehead atoms. The maximum Gasteiger partial charge on any atom is 0.178 e. The van der Waals surface area contributed by atoms with Crippen LogP contribution in [0.3, 0.4) is 0 Å². The van der Waals surface area contributed by atoms with Crippen molar-refractivity contribution in [3.8, 4) is 11.3 Å². The minimum Gasteiger partial charge on any atom is -0.321 e. The normalized spacial score (nSPS) is 12.8. The average Bonchev–Trinajstić information content (AvgIpc) is 2.82. The molecule has 0 aliphatic carbocycles. The van der Waals surface area contributed by atoms with Crippen LogP contribution in [0.5, 0.6) is 0 Å². The Hall–Kier alpha value is -2.27. The molecule has 1 atom stereocenters. The van der Waals surface area contributed by atoms with Gasteiger partial charge >= 0.3 is 0 Å². The lowest BCUT2D eigenvalue weighted by Crippen LogP contribution is -2.11. The summed E-state index contributed by atoms with van der Waals surface area (Å²) in [7, 11) is 0. The second-order valence-corrected chi connectivity index (χ2v) is 4.70. The molecule has 0 saturated heterocycles. The predicted octanol–water partition coefficient (Wildman–Crippen LogP) is 2.12. The molecule has 2 N–H and O–H groups in total. The molecule has 19 heavy (non-hydrogen) atoms. The van der Waals surface area contributed by atoms with Gasteiger partial charge in [-0.1, -0.05) is 29.8 Å². The zero-order valence-corrected chi connectivity index (χ0v) is 10.9. The molecule has 0 radical (unpaired) electrons. The van der Waals surface area contributed by atoms with E-state index in [1.54, 1.807) is 4.52 Å². The van der Waals surface area contributed by atoms with Gasteiger partial charge in [-0.2, -0.15) is 9.61 Å². The number of benzene rings is 1. The van der Waals surface area contributed by atoms with Gasteiger partial charge in [-0.3, -0.25) is 0 Å². The monoisotopic (exact) mass is 253 g/mol. The molecule has 1 aromatic carbocycles. The SMILES string of the molecule is Cc1ccc(-c2ccc3nnc([C@@H](C)N)n3n2)cc1. The van der Waals surface area contributed by atoms with Crippen molar-refractivity contribution in [1.29, 1.82) is 0 Å². The third-order valence-electron chi connectivity index (χ3n) is 3.04. The Bertz CT molecular complexity index is 712. The molecule has 0 saturated carbocycles. The van der Waals surface area contributed by atoms with E-state index in [0.717, 1.165) is 11.3 Å². The fourth-order valence-electron chi connectivity index (χ4n) is 1.97. The molecule has 3 aromatic rings. The van der Waals surface area contributed by atoms with Crippen molar-refractivity contribution in [2.24, 2.45) is 5.73 Å². The summed E-state index contributed by atoms with van der Waals surface area (Å²) < 4.78 is 1.71. The van der Waals surface area contributed by atoms with Crippen LogP contribution in [0.4, 0.5) is 0 Å². The molecule has 0 spiro atoms. The summed E-state index contributed by atoms with van der Waals surface area (Å²) in [4.78, 5) is 0. The third-order valence-corrected chi connectivity index (χ3v) is 3.04. The highest BCUT2D eigenvalue weighted by Gasteiger charge is 2.11. The lowest BCUT2D eigenvalue weighted by atomic mass is 10.1. The predicted molar refractivity (Wildman–Crippen MR) is 73.6 cm³/mol. The Morgan fingerprint density at radius 1 is 1.05 bits per heavy atom. The number of nitrogens with zero attached hydrogens (tertiary/aromatic N) is 4. The molecule has 0 aliphatic heterocycles. The van der Waals surface area contributed by atoms with Crippen molar-refractivity contribution in [1.82, 2.24) is 19.8 Å². The number of aromatic nitrogens is 4. The van der Waals surface area contributed by atoms with Crippen molar-refractivity contribution in [3.05, 3.63) is 47.8 Å². The zero-order chi connectivity index (χ0) is 13.4. The van der Waals surface area contributed by atoms with Crippen molar-refractivity contribution >= 4 is 5.65 Å². The van der Waals surface area contributed by atoms with E-state index < -0.39 is 0 Å². The van der Waals surface area contributed by atoms with Gasteiger partial charge in [0.25, 0.3) is 0 Å². The first-order valence-electron chi connectivity index (χ1n) is 6.20. The smallest absolute Gasteiger partial charge is 0.178 e. The molecular weight excluding hydrogens is 238 g/mol. The average molecular weight is 253 g/mol. The van der Waals surface area contributed by atoms with E-state index in [-0.39, 0.29) is 6.04 Å². The van der Waals surface area contributed by atoms with Crippen molar-refractivity contribution < 1.29 is 0 Å². The first kappa shape index (κ1) is 11.8. The summed E-state index contributed by atoms with van der Waals surface area (Å²) in [5, 5.41) is 12.7. The Balaban J connectivity index is 2.14. The van der Waals surface area contributed by atoms with Crippen LogP contribution in [-0.2, 0) is 0 Å². The van der Waals surface area contributed by atoms with E-state index in [1.807, 2.05) is 19.1 Å². The highest BCUT2D eigenvalue weighted by atomic mass is 15.4. The van der Waals surface area contributed by atoms with Gasteiger partial charge in [-0.05, 0) is 26.0 Å². The summed E-state index contributed by atoms with van der Waals surface area (Å²) in [5.74, 6) is 0.670. The van der Waals surface area contributed by atoms with Crippen LogP contribution in [0.15, 0.2) is 36.4 Å². The highest BCUT2D eigenvalue weighted by molar-refractivity contribution is 5.60. The number of aryl methyl sites for hydroxylation is 1. The molecule has 5 nitrogen and oxygen atoms in total. The number of rotatable bonds is 2. The van der Waals surface area contributed by atoms with Gasteiger partial charge in [-0.15, -0.1) is 10.2 Å². The highest BCUT2D eigenvalue weighted by Crippen LogP contribution is 2.18. The van der Waals surface area contributed by atoms with Crippen LogP contribution in [0.25, 0.3) is 16.9 Å². The zero-order valence-electron chi connectivity index (χ0n) is 10.9. The number of hydrogen-bond acceptors (Lipinski definition) is 4. The molecule has 0 aliphatic rings. The van der Waals surface area contributed by atoms with E-state index >= 15 is 0 Å². The lowest BCUT2D eigenvalue weighted by Gasteiger charge is -2.05. The quantitative estimate of drug-likeness (QED) is 0.759.